The number of carbonyl (C=O) groups excluding carboxylic acids is 2. The first-order chi connectivity index (χ1) is 14.7. The number of benzene rings is 2. The van der Waals surface area contributed by atoms with E-state index in [-0.39, 0.29) is 12.7 Å². The van der Waals surface area contributed by atoms with Gasteiger partial charge in [-0.3, -0.25) is 19.5 Å². The third-order valence-corrected chi connectivity index (χ3v) is 6.43. The van der Waals surface area contributed by atoms with Gasteiger partial charge in [0.1, 0.15) is 12.4 Å². The summed E-state index contributed by atoms with van der Waals surface area (Å²) in [7, 11) is 1.64. The Labute approximate surface area is 178 Å². The van der Waals surface area contributed by atoms with Crippen molar-refractivity contribution in [2.75, 3.05) is 18.7 Å². The third kappa shape index (κ3) is 3.07. The van der Waals surface area contributed by atoms with Crippen molar-refractivity contribution >= 4 is 34.4 Å². The van der Waals surface area contributed by atoms with Gasteiger partial charge in [0.05, 0.1) is 30.1 Å². The summed E-state index contributed by atoms with van der Waals surface area (Å²) in [6.07, 6.45) is 0.727. The summed E-state index contributed by atoms with van der Waals surface area (Å²) in [5.74, 6) is -0.173. The van der Waals surface area contributed by atoms with Crippen LogP contribution in [0, 0.1) is 0 Å². The van der Waals surface area contributed by atoms with Gasteiger partial charge in [0.2, 0.25) is 0 Å². The standard InChI is InChI=1S/C23H19N3O3S/c1-29-16-10-8-15(9-11-16)18-13-20(21-7-4-12-30-21)26(24-18)14-25-19-6-3-2-5-17(19)22(27)23(25)28/h2-12,20H,13-14H2,1H3. The van der Waals surface area contributed by atoms with Crippen molar-refractivity contribution in [1.82, 2.24) is 5.01 Å². The number of fused-ring (bicyclic) bond motifs is 1. The zero-order valence-electron chi connectivity index (χ0n) is 16.3. The van der Waals surface area contributed by atoms with E-state index in [1.165, 1.54) is 9.78 Å². The Kier molecular flexibility index (Phi) is 4.59. The molecule has 3 aromatic rings. The van der Waals surface area contributed by atoms with Crippen LogP contribution in [0.5, 0.6) is 5.75 Å². The predicted octanol–water partition coefficient (Wildman–Crippen LogP) is 4.09. The lowest BCUT2D eigenvalue weighted by molar-refractivity contribution is -0.114. The number of rotatable bonds is 5. The molecule has 2 aromatic carbocycles. The van der Waals surface area contributed by atoms with Gasteiger partial charge in [0, 0.05) is 11.3 Å². The molecule has 6 nitrogen and oxygen atoms in total. The fraction of sp³-hybridized carbons (Fsp3) is 0.174. The number of amides is 1. The predicted molar refractivity (Wildman–Crippen MR) is 116 cm³/mol. The average molecular weight is 417 g/mol. The van der Waals surface area contributed by atoms with Crippen molar-refractivity contribution in [3.8, 4) is 5.75 Å². The first-order valence-electron chi connectivity index (χ1n) is 9.63. The van der Waals surface area contributed by atoms with Gasteiger partial charge >= 0.3 is 5.91 Å². The van der Waals surface area contributed by atoms with Crippen LogP contribution in [0.4, 0.5) is 5.69 Å². The molecule has 0 bridgehead atoms. The first-order valence-corrected chi connectivity index (χ1v) is 10.5. The van der Waals surface area contributed by atoms with Crippen LogP contribution in [0.1, 0.15) is 33.3 Å². The summed E-state index contributed by atoms with van der Waals surface area (Å²) in [5.41, 5.74) is 3.06. The van der Waals surface area contributed by atoms with Gasteiger partial charge in [-0.15, -0.1) is 11.3 Å². The van der Waals surface area contributed by atoms with Gasteiger partial charge < -0.3 is 4.74 Å². The molecule has 0 saturated carbocycles. The average Bonchev–Trinajstić information content (AvgIpc) is 3.50. The van der Waals surface area contributed by atoms with E-state index in [0.717, 1.165) is 23.4 Å². The SMILES string of the molecule is COc1ccc(C2=NN(CN3C(=O)C(=O)c4ccccc43)C(c3cccs3)C2)cc1. The molecule has 0 fully saturated rings. The number of thiophene rings is 1. The van der Waals surface area contributed by atoms with Crippen LogP contribution < -0.4 is 9.64 Å². The Hall–Kier alpha value is -3.45. The summed E-state index contributed by atoms with van der Waals surface area (Å²) in [5, 5.41) is 8.81. The van der Waals surface area contributed by atoms with Crippen LogP contribution >= 0.6 is 11.3 Å². The van der Waals surface area contributed by atoms with Crippen LogP contribution in [-0.4, -0.2) is 36.2 Å². The zero-order valence-corrected chi connectivity index (χ0v) is 17.1. The number of hydrogen-bond donors (Lipinski definition) is 0. The fourth-order valence-electron chi connectivity index (χ4n) is 3.91. The number of ketones is 1. The Bertz CT molecular complexity index is 1140. The second-order valence-corrected chi connectivity index (χ2v) is 8.15. The first kappa shape index (κ1) is 18.6. The number of hydrogen-bond acceptors (Lipinski definition) is 6. The van der Waals surface area contributed by atoms with Crippen molar-refractivity contribution in [3.05, 3.63) is 82.0 Å². The van der Waals surface area contributed by atoms with Crippen LogP contribution in [-0.2, 0) is 4.79 Å². The van der Waals surface area contributed by atoms with E-state index in [4.69, 9.17) is 9.84 Å². The molecule has 0 N–H and O–H groups in total. The molecule has 1 atom stereocenters. The van der Waals surface area contributed by atoms with E-state index < -0.39 is 11.7 Å². The second kappa shape index (κ2) is 7.42. The lowest BCUT2D eigenvalue weighted by atomic mass is 10.0. The molecular formula is C23H19N3O3S. The molecule has 2 aliphatic heterocycles. The number of ether oxygens (including phenoxy) is 1. The molecule has 0 radical (unpaired) electrons. The van der Waals surface area contributed by atoms with Crippen LogP contribution in [0.3, 0.4) is 0 Å². The molecule has 0 spiro atoms. The number of Topliss-reactive ketones (excluding diaryl/α,β-unsaturated/α-hetero) is 1. The van der Waals surface area contributed by atoms with Crippen LogP contribution in [0.25, 0.3) is 0 Å². The number of carbonyl (C=O) groups is 2. The molecule has 1 aromatic heterocycles. The number of para-hydroxylation sites is 1. The molecule has 5 rings (SSSR count). The number of hydrazone groups is 1. The van der Waals surface area contributed by atoms with Crippen LogP contribution in [0.15, 0.2) is 71.1 Å². The molecule has 0 saturated heterocycles. The summed E-state index contributed by atoms with van der Waals surface area (Å²) < 4.78 is 5.25. The van der Waals surface area contributed by atoms with E-state index >= 15 is 0 Å². The van der Waals surface area contributed by atoms with Crippen molar-refractivity contribution in [1.29, 1.82) is 0 Å². The maximum Gasteiger partial charge on any atom is 0.301 e. The van der Waals surface area contributed by atoms with E-state index in [2.05, 4.69) is 6.07 Å². The monoisotopic (exact) mass is 417 g/mol. The van der Waals surface area contributed by atoms with Crippen molar-refractivity contribution in [2.45, 2.75) is 12.5 Å². The quantitative estimate of drug-likeness (QED) is 0.587. The zero-order chi connectivity index (χ0) is 20.7. The maximum absolute atomic E-state index is 12.7. The number of nitrogens with zero attached hydrogens (tertiary/aromatic N) is 3. The molecule has 7 heteroatoms. The molecule has 1 unspecified atom stereocenters. The molecule has 3 heterocycles. The Morgan fingerprint density at radius 2 is 1.87 bits per heavy atom. The summed E-state index contributed by atoms with van der Waals surface area (Å²) >= 11 is 1.67. The maximum atomic E-state index is 12.7. The van der Waals surface area contributed by atoms with Crippen LogP contribution in [0.2, 0.25) is 0 Å². The summed E-state index contributed by atoms with van der Waals surface area (Å²) in [6, 6.07) is 19.0. The van der Waals surface area contributed by atoms with Gasteiger partial charge in [-0.05, 0) is 53.4 Å². The molecule has 150 valence electrons. The highest BCUT2D eigenvalue weighted by Gasteiger charge is 2.39. The highest BCUT2D eigenvalue weighted by Crippen LogP contribution is 2.37. The molecule has 30 heavy (non-hydrogen) atoms. The Balaban J connectivity index is 1.48. The topological polar surface area (TPSA) is 62.2 Å². The number of anilines is 1. The normalized spacial score (nSPS) is 18.0. The van der Waals surface area contributed by atoms with E-state index in [1.807, 2.05) is 52.9 Å². The largest absolute Gasteiger partial charge is 0.497 e. The van der Waals surface area contributed by atoms with E-state index in [1.54, 1.807) is 30.6 Å². The summed E-state index contributed by atoms with van der Waals surface area (Å²) in [4.78, 5) is 27.7. The lowest BCUT2D eigenvalue weighted by Crippen LogP contribution is -2.38. The fourth-order valence-corrected chi connectivity index (χ4v) is 4.74. The Morgan fingerprint density at radius 3 is 2.60 bits per heavy atom. The molecule has 1 amide bonds. The van der Waals surface area contributed by atoms with E-state index in [0.29, 0.717) is 11.3 Å². The molecular weight excluding hydrogens is 398 g/mol. The van der Waals surface area contributed by atoms with Gasteiger partial charge in [-0.1, -0.05) is 18.2 Å². The van der Waals surface area contributed by atoms with E-state index in [9.17, 15) is 9.59 Å². The van der Waals surface area contributed by atoms with Crippen molar-refractivity contribution < 1.29 is 14.3 Å². The molecule has 2 aliphatic rings. The highest BCUT2D eigenvalue weighted by molar-refractivity contribution is 7.10. The van der Waals surface area contributed by atoms with Gasteiger partial charge in [-0.25, -0.2) is 0 Å². The second-order valence-electron chi connectivity index (χ2n) is 7.17. The third-order valence-electron chi connectivity index (χ3n) is 5.46. The minimum absolute atomic E-state index is 0.0118. The Morgan fingerprint density at radius 1 is 1.07 bits per heavy atom. The molecule has 0 aliphatic carbocycles. The van der Waals surface area contributed by atoms with Crippen molar-refractivity contribution in [3.63, 3.8) is 0 Å². The van der Waals surface area contributed by atoms with Crippen molar-refractivity contribution in [2.24, 2.45) is 5.10 Å². The highest BCUT2D eigenvalue weighted by atomic mass is 32.1. The lowest BCUT2D eigenvalue weighted by Gasteiger charge is -2.27. The minimum atomic E-state index is -0.505. The number of methoxy groups -OCH3 is 1. The smallest absolute Gasteiger partial charge is 0.301 e. The van der Waals surface area contributed by atoms with Gasteiger partial charge in [0.15, 0.2) is 0 Å². The van der Waals surface area contributed by atoms with Gasteiger partial charge in [0.25, 0.3) is 5.78 Å². The van der Waals surface area contributed by atoms with Gasteiger partial charge in [-0.2, -0.15) is 5.10 Å². The summed E-state index contributed by atoms with van der Waals surface area (Å²) in [6.45, 7) is 0.226. The minimum Gasteiger partial charge on any atom is -0.497 e.